The lowest BCUT2D eigenvalue weighted by Crippen LogP contribution is -2.29. The van der Waals surface area contributed by atoms with Gasteiger partial charge in [0.1, 0.15) is 11.5 Å². The maximum Gasteiger partial charge on any atom is 0.283 e. The molecule has 0 bridgehead atoms. The minimum absolute atomic E-state index is 0.161. The van der Waals surface area contributed by atoms with Gasteiger partial charge in [-0.2, -0.15) is 0 Å². The summed E-state index contributed by atoms with van der Waals surface area (Å²) < 4.78 is 21.4. The standard InChI is InChI=1S/C21H23N3O5/c1-4-9-24(14-19-22-23-21(29-19)18-6-5-10-28-18)20(25)8-7-15-11-16(26-2)13-17(12-15)27-3/h5-8,10-13H,4,9,14H2,1-3H3/b8-7+. The Morgan fingerprint density at radius 2 is 1.93 bits per heavy atom. The number of furan rings is 1. The van der Waals surface area contributed by atoms with Crippen molar-refractivity contribution in [1.29, 1.82) is 0 Å². The zero-order valence-corrected chi connectivity index (χ0v) is 16.6. The first-order valence-electron chi connectivity index (χ1n) is 9.19. The highest BCUT2D eigenvalue weighted by molar-refractivity contribution is 5.91. The van der Waals surface area contributed by atoms with E-state index in [0.29, 0.717) is 29.7 Å². The van der Waals surface area contributed by atoms with Gasteiger partial charge in [0.2, 0.25) is 11.8 Å². The fraction of sp³-hybridized carbons (Fsp3) is 0.286. The second-order valence-corrected chi connectivity index (χ2v) is 6.22. The highest BCUT2D eigenvalue weighted by Gasteiger charge is 2.16. The summed E-state index contributed by atoms with van der Waals surface area (Å²) in [6.45, 7) is 2.77. The molecule has 0 aliphatic heterocycles. The lowest BCUT2D eigenvalue weighted by Gasteiger charge is -2.18. The Balaban J connectivity index is 1.72. The lowest BCUT2D eigenvalue weighted by atomic mass is 10.2. The molecule has 0 spiro atoms. The maximum absolute atomic E-state index is 12.7. The van der Waals surface area contributed by atoms with Gasteiger partial charge < -0.3 is 23.2 Å². The number of aromatic nitrogens is 2. The Bertz CT molecular complexity index is 940. The van der Waals surface area contributed by atoms with E-state index in [4.69, 9.17) is 18.3 Å². The third kappa shape index (κ3) is 5.25. The number of carbonyl (C=O) groups excluding carboxylic acids is 1. The third-order valence-electron chi connectivity index (χ3n) is 4.12. The van der Waals surface area contributed by atoms with Crippen molar-refractivity contribution >= 4 is 12.0 Å². The number of carbonyl (C=O) groups is 1. The average Bonchev–Trinajstić information content (AvgIpc) is 3.43. The lowest BCUT2D eigenvalue weighted by molar-refractivity contribution is -0.126. The van der Waals surface area contributed by atoms with Crippen LogP contribution in [0.4, 0.5) is 0 Å². The Labute approximate surface area is 168 Å². The Hall–Kier alpha value is -3.55. The van der Waals surface area contributed by atoms with Gasteiger partial charge >= 0.3 is 0 Å². The van der Waals surface area contributed by atoms with Gasteiger partial charge in [-0.1, -0.05) is 6.92 Å². The quantitative estimate of drug-likeness (QED) is 0.507. The van der Waals surface area contributed by atoms with Crippen molar-refractivity contribution in [2.45, 2.75) is 19.9 Å². The molecule has 2 heterocycles. The van der Waals surface area contributed by atoms with Crippen LogP contribution in [0, 0.1) is 0 Å². The zero-order chi connectivity index (χ0) is 20.6. The summed E-state index contributed by atoms with van der Waals surface area (Å²) in [5, 5.41) is 7.98. The van der Waals surface area contributed by atoms with E-state index in [0.717, 1.165) is 12.0 Å². The molecule has 0 radical (unpaired) electrons. The van der Waals surface area contributed by atoms with Crippen molar-refractivity contribution in [3.63, 3.8) is 0 Å². The molecule has 0 aliphatic carbocycles. The predicted molar refractivity (Wildman–Crippen MR) is 106 cm³/mol. The van der Waals surface area contributed by atoms with Gasteiger partial charge in [0.05, 0.1) is 27.0 Å². The van der Waals surface area contributed by atoms with E-state index in [1.165, 1.54) is 12.3 Å². The first-order valence-corrected chi connectivity index (χ1v) is 9.19. The number of nitrogens with zero attached hydrogens (tertiary/aromatic N) is 3. The van der Waals surface area contributed by atoms with Gasteiger partial charge in [0.15, 0.2) is 5.76 Å². The normalized spacial score (nSPS) is 11.0. The fourth-order valence-corrected chi connectivity index (χ4v) is 2.72. The Kier molecular flexibility index (Phi) is 6.67. The van der Waals surface area contributed by atoms with Crippen molar-refractivity contribution < 1.29 is 23.1 Å². The fourth-order valence-electron chi connectivity index (χ4n) is 2.72. The number of hydrogen-bond acceptors (Lipinski definition) is 7. The molecule has 2 aromatic heterocycles. The molecular formula is C21H23N3O5. The van der Waals surface area contributed by atoms with Crippen molar-refractivity contribution in [2.24, 2.45) is 0 Å². The van der Waals surface area contributed by atoms with Crippen LogP contribution in [-0.2, 0) is 11.3 Å². The predicted octanol–water partition coefficient (Wildman–Crippen LogP) is 3.80. The van der Waals surface area contributed by atoms with Crippen LogP contribution < -0.4 is 9.47 Å². The summed E-state index contributed by atoms with van der Waals surface area (Å²) in [6, 6.07) is 8.89. The van der Waals surface area contributed by atoms with E-state index in [1.54, 1.807) is 43.4 Å². The number of methoxy groups -OCH3 is 2. The zero-order valence-electron chi connectivity index (χ0n) is 16.6. The number of benzene rings is 1. The molecule has 1 aromatic carbocycles. The van der Waals surface area contributed by atoms with Gasteiger partial charge in [-0.15, -0.1) is 10.2 Å². The van der Waals surface area contributed by atoms with Crippen LogP contribution in [0.2, 0.25) is 0 Å². The second kappa shape index (κ2) is 9.59. The first kappa shape index (κ1) is 20.2. The highest BCUT2D eigenvalue weighted by atomic mass is 16.5. The summed E-state index contributed by atoms with van der Waals surface area (Å²) in [5.41, 5.74) is 0.795. The number of hydrogen-bond donors (Lipinski definition) is 0. The monoisotopic (exact) mass is 397 g/mol. The summed E-state index contributed by atoms with van der Waals surface area (Å²) in [4.78, 5) is 14.4. The maximum atomic E-state index is 12.7. The summed E-state index contributed by atoms with van der Waals surface area (Å²) in [6.07, 6.45) is 5.56. The SMILES string of the molecule is CCCN(Cc1nnc(-c2ccco2)o1)C(=O)/C=C/c1cc(OC)cc(OC)c1. The van der Waals surface area contributed by atoms with Crippen molar-refractivity contribution in [3.8, 4) is 23.1 Å². The molecule has 0 unspecified atom stereocenters. The molecule has 152 valence electrons. The second-order valence-electron chi connectivity index (χ2n) is 6.22. The molecule has 3 rings (SSSR count). The third-order valence-corrected chi connectivity index (χ3v) is 4.12. The van der Waals surface area contributed by atoms with Gasteiger partial charge in [-0.25, -0.2) is 0 Å². The van der Waals surface area contributed by atoms with Crippen LogP contribution in [0.25, 0.3) is 17.7 Å². The smallest absolute Gasteiger partial charge is 0.283 e. The molecule has 3 aromatic rings. The van der Waals surface area contributed by atoms with Crippen LogP contribution in [0.15, 0.2) is 51.5 Å². The van der Waals surface area contributed by atoms with Crippen LogP contribution in [0.3, 0.4) is 0 Å². The van der Waals surface area contributed by atoms with Crippen LogP contribution in [0.5, 0.6) is 11.5 Å². The number of rotatable bonds is 9. The molecule has 0 atom stereocenters. The number of ether oxygens (including phenoxy) is 2. The topological polar surface area (TPSA) is 90.8 Å². The molecule has 29 heavy (non-hydrogen) atoms. The molecule has 1 amide bonds. The van der Waals surface area contributed by atoms with Crippen molar-refractivity contribution in [1.82, 2.24) is 15.1 Å². The molecule has 0 saturated heterocycles. The van der Waals surface area contributed by atoms with E-state index in [-0.39, 0.29) is 18.3 Å². The van der Waals surface area contributed by atoms with Gasteiger partial charge in [-0.3, -0.25) is 4.79 Å². The van der Waals surface area contributed by atoms with E-state index < -0.39 is 0 Å². The first-order chi connectivity index (χ1) is 14.1. The van der Waals surface area contributed by atoms with Crippen molar-refractivity contribution in [3.05, 3.63) is 54.1 Å². The van der Waals surface area contributed by atoms with Gasteiger partial charge in [-0.05, 0) is 42.3 Å². The molecular weight excluding hydrogens is 374 g/mol. The highest BCUT2D eigenvalue weighted by Crippen LogP contribution is 2.23. The summed E-state index contributed by atoms with van der Waals surface area (Å²) >= 11 is 0. The van der Waals surface area contributed by atoms with E-state index in [1.807, 2.05) is 19.1 Å². The van der Waals surface area contributed by atoms with E-state index in [9.17, 15) is 4.79 Å². The number of amides is 1. The van der Waals surface area contributed by atoms with Crippen molar-refractivity contribution in [2.75, 3.05) is 20.8 Å². The van der Waals surface area contributed by atoms with Gasteiger partial charge in [0.25, 0.3) is 5.89 Å². The van der Waals surface area contributed by atoms with E-state index >= 15 is 0 Å². The van der Waals surface area contributed by atoms with Crippen LogP contribution >= 0.6 is 0 Å². The van der Waals surface area contributed by atoms with Crippen LogP contribution in [-0.4, -0.2) is 41.8 Å². The average molecular weight is 397 g/mol. The molecule has 0 saturated carbocycles. The summed E-state index contributed by atoms with van der Waals surface area (Å²) in [7, 11) is 3.16. The molecule has 0 fully saturated rings. The summed E-state index contributed by atoms with van der Waals surface area (Å²) in [5.74, 6) is 2.26. The molecule has 0 N–H and O–H groups in total. The van der Waals surface area contributed by atoms with Gasteiger partial charge in [0, 0.05) is 18.7 Å². The molecule has 0 aliphatic rings. The van der Waals surface area contributed by atoms with E-state index in [2.05, 4.69) is 10.2 Å². The minimum Gasteiger partial charge on any atom is -0.497 e. The Morgan fingerprint density at radius 3 is 2.55 bits per heavy atom. The minimum atomic E-state index is -0.161. The Morgan fingerprint density at radius 1 is 1.17 bits per heavy atom. The molecule has 8 nitrogen and oxygen atoms in total. The molecule has 8 heteroatoms. The van der Waals surface area contributed by atoms with Crippen LogP contribution in [0.1, 0.15) is 24.8 Å². The largest absolute Gasteiger partial charge is 0.497 e.